The zero-order chi connectivity index (χ0) is 23.2. The maximum absolute atomic E-state index is 13.4. The molecule has 1 aromatic heterocycles. The highest BCUT2D eigenvalue weighted by molar-refractivity contribution is 6.04. The summed E-state index contributed by atoms with van der Waals surface area (Å²) in [5, 5.41) is 9.45. The number of nitrogens with zero attached hydrogens (tertiary/aromatic N) is 2. The van der Waals surface area contributed by atoms with Gasteiger partial charge in [-0.05, 0) is 36.4 Å². The van der Waals surface area contributed by atoms with E-state index in [4.69, 9.17) is 0 Å². The highest BCUT2D eigenvalue weighted by Crippen LogP contribution is 2.18. The third kappa shape index (κ3) is 5.37. The molecule has 0 atom stereocenters. The molecule has 0 fully saturated rings. The van der Waals surface area contributed by atoms with Crippen molar-refractivity contribution in [3.63, 3.8) is 0 Å². The molecule has 0 saturated heterocycles. The van der Waals surface area contributed by atoms with E-state index in [1.165, 1.54) is 30.3 Å². The summed E-state index contributed by atoms with van der Waals surface area (Å²) >= 11 is 0. The Hall–Kier alpha value is -4.59. The van der Waals surface area contributed by atoms with Crippen LogP contribution in [-0.4, -0.2) is 21.6 Å². The Morgan fingerprint density at radius 3 is 2.24 bits per heavy atom. The number of amides is 2. The third-order valence-corrected chi connectivity index (χ3v) is 4.73. The minimum atomic E-state index is -0.645. The summed E-state index contributed by atoms with van der Waals surface area (Å²) in [6.07, 6.45) is 0. The molecule has 0 saturated carbocycles. The van der Waals surface area contributed by atoms with Crippen LogP contribution in [0.25, 0.3) is 11.3 Å². The predicted molar refractivity (Wildman–Crippen MR) is 123 cm³/mol. The van der Waals surface area contributed by atoms with Crippen molar-refractivity contribution < 1.29 is 14.0 Å². The molecule has 33 heavy (non-hydrogen) atoms. The largest absolute Gasteiger partial charge is 0.324 e. The van der Waals surface area contributed by atoms with E-state index in [1.807, 2.05) is 18.2 Å². The number of halogens is 1. The normalized spacial score (nSPS) is 10.5. The van der Waals surface area contributed by atoms with Crippen LogP contribution in [0.4, 0.5) is 15.8 Å². The van der Waals surface area contributed by atoms with Crippen molar-refractivity contribution in [2.24, 2.45) is 0 Å². The summed E-state index contributed by atoms with van der Waals surface area (Å²) in [6, 6.07) is 24.4. The molecule has 3 aromatic carbocycles. The number of rotatable bonds is 6. The molecule has 0 radical (unpaired) electrons. The number of benzene rings is 3. The molecule has 0 aliphatic heterocycles. The molecule has 0 aliphatic carbocycles. The first-order valence-electron chi connectivity index (χ1n) is 10.1. The summed E-state index contributed by atoms with van der Waals surface area (Å²) < 4.78 is 14.4. The highest BCUT2D eigenvalue weighted by atomic mass is 19.1. The van der Waals surface area contributed by atoms with Crippen LogP contribution in [-0.2, 0) is 11.3 Å². The predicted octanol–water partition coefficient (Wildman–Crippen LogP) is 3.94. The number of anilines is 2. The van der Waals surface area contributed by atoms with Gasteiger partial charge in [-0.3, -0.25) is 14.4 Å². The van der Waals surface area contributed by atoms with E-state index < -0.39 is 29.7 Å². The number of carbonyl (C=O) groups excluding carboxylic acids is 2. The van der Waals surface area contributed by atoms with Gasteiger partial charge in [-0.2, -0.15) is 5.10 Å². The van der Waals surface area contributed by atoms with Gasteiger partial charge in [0.2, 0.25) is 5.91 Å². The van der Waals surface area contributed by atoms with E-state index in [0.717, 1.165) is 4.68 Å². The molecular weight excluding hydrogens is 423 g/mol. The van der Waals surface area contributed by atoms with Crippen molar-refractivity contribution in [2.75, 3.05) is 10.6 Å². The van der Waals surface area contributed by atoms with Crippen LogP contribution in [0.1, 0.15) is 10.4 Å². The minimum absolute atomic E-state index is 0.0174. The quantitative estimate of drug-likeness (QED) is 0.473. The summed E-state index contributed by atoms with van der Waals surface area (Å²) in [6.45, 7) is -0.426. The van der Waals surface area contributed by atoms with E-state index >= 15 is 0 Å². The first kappa shape index (κ1) is 21.6. The summed E-state index contributed by atoms with van der Waals surface area (Å²) in [4.78, 5) is 38.2. The number of carbonyl (C=O) groups is 2. The Bertz CT molecular complexity index is 1360. The van der Waals surface area contributed by atoms with Gasteiger partial charge in [-0.15, -0.1) is 0 Å². The highest BCUT2D eigenvalue weighted by Gasteiger charge is 2.16. The molecular formula is C25H19FN4O3. The van der Waals surface area contributed by atoms with Crippen molar-refractivity contribution >= 4 is 23.2 Å². The van der Waals surface area contributed by atoms with Crippen LogP contribution >= 0.6 is 0 Å². The van der Waals surface area contributed by atoms with E-state index in [1.54, 1.807) is 42.5 Å². The Balaban J connectivity index is 1.66. The molecule has 1 heterocycles. The summed E-state index contributed by atoms with van der Waals surface area (Å²) in [5.41, 5.74) is 1.07. The minimum Gasteiger partial charge on any atom is -0.324 e. The second kappa shape index (κ2) is 9.69. The van der Waals surface area contributed by atoms with Crippen molar-refractivity contribution in [1.82, 2.24) is 9.78 Å². The maximum atomic E-state index is 13.4. The van der Waals surface area contributed by atoms with Crippen LogP contribution < -0.4 is 16.2 Å². The van der Waals surface area contributed by atoms with E-state index in [-0.39, 0.29) is 11.4 Å². The van der Waals surface area contributed by atoms with Gasteiger partial charge in [-0.25, -0.2) is 9.07 Å². The lowest BCUT2D eigenvalue weighted by Gasteiger charge is -2.12. The van der Waals surface area contributed by atoms with Gasteiger partial charge < -0.3 is 10.6 Å². The number of hydrogen-bond acceptors (Lipinski definition) is 4. The molecule has 2 N–H and O–H groups in total. The Morgan fingerprint density at radius 2 is 1.55 bits per heavy atom. The van der Waals surface area contributed by atoms with Crippen LogP contribution in [0.15, 0.2) is 95.8 Å². The fraction of sp³-hybridized carbons (Fsp3) is 0.0400. The van der Waals surface area contributed by atoms with Crippen LogP contribution in [0, 0.1) is 5.82 Å². The number of nitrogens with one attached hydrogen (secondary N) is 2. The molecule has 0 bridgehead atoms. The van der Waals surface area contributed by atoms with Gasteiger partial charge in [0.05, 0.1) is 5.69 Å². The van der Waals surface area contributed by atoms with Crippen molar-refractivity contribution in [3.05, 3.63) is 113 Å². The van der Waals surface area contributed by atoms with Gasteiger partial charge in [-0.1, -0.05) is 54.6 Å². The van der Waals surface area contributed by atoms with Crippen LogP contribution in [0.5, 0.6) is 0 Å². The smallest absolute Gasteiger partial charge is 0.291 e. The molecule has 2 amide bonds. The summed E-state index contributed by atoms with van der Waals surface area (Å²) in [7, 11) is 0. The monoisotopic (exact) mass is 442 g/mol. The van der Waals surface area contributed by atoms with Gasteiger partial charge in [0.1, 0.15) is 18.0 Å². The standard InChI is InChI=1S/C25H19FN4O3/c26-19-12-7-13-20(14-19)27-23(31)16-30-25(33)22(28-24(32)18-10-5-2-6-11-18)15-21(29-30)17-8-3-1-4-9-17/h1-15H,16H2,(H,27,31)(H,28,32). The zero-order valence-electron chi connectivity index (χ0n) is 17.4. The fourth-order valence-corrected chi connectivity index (χ4v) is 3.18. The molecule has 7 nitrogen and oxygen atoms in total. The first-order chi connectivity index (χ1) is 16.0. The lowest BCUT2D eigenvalue weighted by Crippen LogP contribution is -2.32. The lowest BCUT2D eigenvalue weighted by molar-refractivity contribution is -0.117. The van der Waals surface area contributed by atoms with Gasteiger partial charge in [0.25, 0.3) is 11.5 Å². The molecule has 0 spiro atoms. The third-order valence-electron chi connectivity index (χ3n) is 4.73. The zero-order valence-corrected chi connectivity index (χ0v) is 17.4. The van der Waals surface area contributed by atoms with Crippen molar-refractivity contribution in [2.45, 2.75) is 6.54 Å². The molecule has 4 aromatic rings. The molecule has 0 aliphatic rings. The van der Waals surface area contributed by atoms with Crippen molar-refractivity contribution in [1.29, 1.82) is 0 Å². The van der Waals surface area contributed by atoms with Crippen LogP contribution in [0.3, 0.4) is 0 Å². The van der Waals surface area contributed by atoms with Gasteiger partial charge in [0.15, 0.2) is 0 Å². The number of aromatic nitrogens is 2. The Morgan fingerprint density at radius 1 is 0.848 bits per heavy atom. The first-order valence-corrected chi connectivity index (χ1v) is 10.1. The molecule has 8 heteroatoms. The fourth-order valence-electron chi connectivity index (χ4n) is 3.18. The van der Waals surface area contributed by atoms with E-state index in [0.29, 0.717) is 16.8 Å². The second-order valence-corrected chi connectivity index (χ2v) is 7.15. The SMILES string of the molecule is O=C(Cn1nc(-c2ccccc2)cc(NC(=O)c2ccccc2)c1=O)Nc1cccc(F)c1. The van der Waals surface area contributed by atoms with Gasteiger partial charge >= 0.3 is 0 Å². The average molecular weight is 442 g/mol. The second-order valence-electron chi connectivity index (χ2n) is 7.15. The molecule has 0 unspecified atom stereocenters. The maximum Gasteiger partial charge on any atom is 0.291 e. The average Bonchev–Trinajstić information content (AvgIpc) is 2.82. The molecule has 4 rings (SSSR count). The van der Waals surface area contributed by atoms with E-state index in [9.17, 15) is 18.8 Å². The Kier molecular flexibility index (Phi) is 6.36. The Labute approximate surface area is 188 Å². The van der Waals surface area contributed by atoms with Crippen molar-refractivity contribution in [3.8, 4) is 11.3 Å². The van der Waals surface area contributed by atoms with E-state index in [2.05, 4.69) is 15.7 Å². The summed E-state index contributed by atoms with van der Waals surface area (Å²) in [5.74, 6) is -1.53. The topological polar surface area (TPSA) is 93.1 Å². The van der Waals surface area contributed by atoms with Gasteiger partial charge in [0, 0.05) is 16.8 Å². The lowest BCUT2D eigenvalue weighted by atomic mass is 10.1. The molecule has 164 valence electrons. The number of hydrogen-bond donors (Lipinski definition) is 2. The van der Waals surface area contributed by atoms with Crippen LogP contribution in [0.2, 0.25) is 0 Å².